The number of hydrogen-bond acceptors (Lipinski definition) is 4. The molecule has 2 aromatic heterocycles. The molecule has 0 aromatic carbocycles. The Kier molecular flexibility index (Phi) is 4.10. The molecule has 0 amide bonds. The highest BCUT2D eigenvalue weighted by Crippen LogP contribution is 2.41. The van der Waals surface area contributed by atoms with Gasteiger partial charge in [-0.25, -0.2) is 14.1 Å². The van der Waals surface area contributed by atoms with Crippen molar-refractivity contribution in [2.75, 3.05) is 26.2 Å². The van der Waals surface area contributed by atoms with E-state index in [0.717, 1.165) is 19.6 Å². The number of nitrogens with zero attached hydrogens (tertiary/aromatic N) is 4. The minimum atomic E-state index is -0.349. The van der Waals surface area contributed by atoms with Crippen molar-refractivity contribution in [1.82, 2.24) is 25.0 Å². The Bertz CT molecular complexity index is 690. The first-order valence-electron chi connectivity index (χ1n) is 8.77. The zero-order valence-electron chi connectivity index (χ0n) is 14.1. The van der Waals surface area contributed by atoms with Gasteiger partial charge in [0.1, 0.15) is 0 Å². The summed E-state index contributed by atoms with van der Waals surface area (Å²) >= 11 is 0. The van der Waals surface area contributed by atoms with E-state index in [1.54, 1.807) is 0 Å². The second-order valence-electron chi connectivity index (χ2n) is 7.20. The second kappa shape index (κ2) is 6.26. The third-order valence-electron chi connectivity index (χ3n) is 5.72. The molecule has 2 saturated heterocycles. The van der Waals surface area contributed by atoms with Crippen LogP contribution in [0.1, 0.15) is 37.8 Å². The molecule has 5 nitrogen and oxygen atoms in total. The van der Waals surface area contributed by atoms with Gasteiger partial charge in [-0.3, -0.25) is 4.90 Å². The SMILES string of the molecule is CC(c1ccc(-n2cc(F)cn2)nc1)N1CCC2(CCNCC2)C1. The smallest absolute Gasteiger partial charge is 0.161 e. The molecule has 2 aliphatic heterocycles. The number of piperidine rings is 1. The molecule has 2 fully saturated rings. The quantitative estimate of drug-likeness (QED) is 0.940. The van der Waals surface area contributed by atoms with Gasteiger partial charge in [0.15, 0.2) is 11.6 Å². The predicted molar refractivity (Wildman–Crippen MR) is 90.5 cm³/mol. The van der Waals surface area contributed by atoms with Gasteiger partial charge in [-0.15, -0.1) is 0 Å². The predicted octanol–water partition coefficient (Wildman–Crippen LogP) is 2.54. The van der Waals surface area contributed by atoms with Gasteiger partial charge in [0.2, 0.25) is 0 Å². The first kappa shape index (κ1) is 15.7. The average molecular weight is 329 g/mol. The molecule has 0 bridgehead atoms. The third-order valence-corrected chi connectivity index (χ3v) is 5.72. The monoisotopic (exact) mass is 329 g/mol. The van der Waals surface area contributed by atoms with Gasteiger partial charge >= 0.3 is 0 Å². The fourth-order valence-corrected chi connectivity index (χ4v) is 4.08. The topological polar surface area (TPSA) is 46.0 Å². The fraction of sp³-hybridized carbons (Fsp3) is 0.556. The van der Waals surface area contributed by atoms with Crippen molar-refractivity contribution < 1.29 is 4.39 Å². The number of aromatic nitrogens is 3. The maximum atomic E-state index is 13.1. The number of likely N-dealkylation sites (tertiary alicyclic amines) is 1. The minimum absolute atomic E-state index is 0.349. The van der Waals surface area contributed by atoms with Crippen molar-refractivity contribution in [3.8, 4) is 5.82 Å². The van der Waals surface area contributed by atoms with Crippen LogP contribution in [-0.2, 0) is 0 Å². The fourth-order valence-electron chi connectivity index (χ4n) is 4.08. The summed E-state index contributed by atoms with van der Waals surface area (Å²) < 4.78 is 14.5. The largest absolute Gasteiger partial charge is 0.317 e. The molecule has 128 valence electrons. The molecule has 1 unspecified atom stereocenters. The molecule has 0 aliphatic carbocycles. The number of nitrogens with one attached hydrogen (secondary N) is 1. The molecule has 0 radical (unpaired) electrons. The molecule has 1 N–H and O–H groups in total. The molecule has 0 saturated carbocycles. The second-order valence-corrected chi connectivity index (χ2v) is 7.20. The summed E-state index contributed by atoms with van der Waals surface area (Å²) in [5.74, 6) is 0.296. The van der Waals surface area contributed by atoms with E-state index in [-0.39, 0.29) is 5.82 Å². The van der Waals surface area contributed by atoms with Crippen LogP contribution in [0.4, 0.5) is 4.39 Å². The summed E-state index contributed by atoms with van der Waals surface area (Å²) in [6.07, 6.45) is 8.31. The van der Waals surface area contributed by atoms with E-state index in [9.17, 15) is 4.39 Å². The van der Waals surface area contributed by atoms with Crippen LogP contribution >= 0.6 is 0 Å². The van der Waals surface area contributed by atoms with Gasteiger partial charge in [-0.1, -0.05) is 6.07 Å². The van der Waals surface area contributed by atoms with E-state index < -0.39 is 0 Å². The van der Waals surface area contributed by atoms with E-state index in [2.05, 4.69) is 33.3 Å². The Balaban J connectivity index is 1.46. The van der Waals surface area contributed by atoms with Gasteiger partial charge in [0.25, 0.3) is 0 Å². The summed E-state index contributed by atoms with van der Waals surface area (Å²) in [6, 6.07) is 4.35. The van der Waals surface area contributed by atoms with Crippen molar-refractivity contribution in [1.29, 1.82) is 0 Å². The minimum Gasteiger partial charge on any atom is -0.317 e. The van der Waals surface area contributed by atoms with Crippen LogP contribution in [-0.4, -0.2) is 45.8 Å². The molecule has 1 atom stereocenters. The zero-order valence-corrected chi connectivity index (χ0v) is 14.1. The molecular weight excluding hydrogens is 305 g/mol. The van der Waals surface area contributed by atoms with Crippen molar-refractivity contribution in [2.45, 2.75) is 32.2 Å². The summed E-state index contributed by atoms with van der Waals surface area (Å²) in [7, 11) is 0. The van der Waals surface area contributed by atoms with E-state index in [0.29, 0.717) is 17.3 Å². The molecule has 24 heavy (non-hydrogen) atoms. The first-order valence-corrected chi connectivity index (χ1v) is 8.77. The van der Waals surface area contributed by atoms with Crippen molar-refractivity contribution in [3.63, 3.8) is 0 Å². The van der Waals surface area contributed by atoms with Gasteiger partial charge in [0.05, 0.1) is 12.4 Å². The molecule has 6 heteroatoms. The van der Waals surface area contributed by atoms with Crippen molar-refractivity contribution >= 4 is 0 Å². The maximum absolute atomic E-state index is 13.1. The lowest BCUT2D eigenvalue weighted by Gasteiger charge is -2.35. The Morgan fingerprint density at radius 2 is 2.04 bits per heavy atom. The van der Waals surface area contributed by atoms with Gasteiger partial charge in [0, 0.05) is 18.8 Å². The summed E-state index contributed by atoms with van der Waals surface area (Å²) in [5.41, 5.74) is 1.72. The molecule has 2 aliphatic rings. The standard InChI is InChI=1S/C18H24FN5/c1-14(23-9-6-18(13-23)4-7-20-8-5-18)15-2-3-17(21-10-15)24-12-16(19)11-22-24/h2-3,10-12,14,20H,4-9,13H2,1H3. The normalized spacial score (nSPS) is 22.1. The summed E-state index contributed by atoms with van der Waals surface area (Å²) in [6.45, 7) is 6.90. The van der Waals surface area contributed by atoms with Crippen LogP contribution in [0.3, 0.4) is 0 Å². The van der Waals surface area contributed by atoms with Crippen molar-refractivity contribution in [2.24, 2.45) is 5.41 Å². The maximum Gasteiger partial charge on any atom is 0.161 e. The van der Waals surface area contributed by atoms with E-state index in [1.807, 2.05) is 12.3 Å². The Labute approximate surface area is 141 Å². The van der Waals surface area contributed by atoms with Gasteiger partial charge in [-0.2, -0.15) is 5.10 Å². The Morgan fingerprint density at radius 3 is 2.71 bits per heavy atom. The number of halogens is 1. The molecule has 2 aromatic rings. The molecule has 4 heterocycles. The average Bonchev–Trinajstić information content (AvgIpc) is 3.22. The van der Waals surface area contributed by atoms with Gasteiger partial charge in [-0.05, 0) is 62.9 Å². The highest BCUT2D eigenvalue weighted by atomic mass is 19.1. The van der Waals surface area contributed by atoms with Crippen molar-refractivity contribution in [3.05, 3.63) is 42.1 Å². The van der Waals surface area contributed by atoms with E-state index >= 15 is 0 Å². The third kappa shape index (κ3) is 2.96. The highest BCUT2D eigenvalue weighted by molar-refractivity contribution is 5.26. The molecule has 1 spiro atoms. The van der Waals surface area contributed by atoms with E-state index in [1.165, 1.54) is 48.4 Å². The lowest BCUT2D eigenvalue weighted by molar-refractivity contribution is 0.175. The lowest BCUT2D eigenvalue weighted by atomic mass is 9.78. The summed E-state index contributed by atoms with van der Waals surface area (Å²) in [4.78, 5) is 7.03. The summed E-state index contributed by atoms with van der Waals surface area (Å²) in [5, 5.41) is 7.43. The van der Waals surface area contributed by atoms with Gasteiger partial charge < -0.3 is 5.32 Å². The zero-order chi connectivity index (χ0) is 16.6. The van der Waals surface area contributed by atoms with Crippen LogP contribution in [0.25, 0.3) is 5.82 Å². The Hall–Kier alpha value is -1.79. The number of rotatable bonds is 3. The lowest BCUT2D eigenvalue weighted by Crippen LogP contribution is -2.39. The number of hydrogen-bond donors (Lipinski definition) is 1. The molecular formula is C18H24FN5. The van der Waals surface area contributed by atoms with Crippen LogP contribution in [0, 0.1) is 11.2 Å². The van der Waals surface area contributed by atoms with Crippen LogP contribution in [0.5, 0.6) is 0 Å². The van der Waals surface area contributed by atoms with E-state index in [4.69, 9.17) is 0 Å². The van der Waals surface area contributed by atoms with Crippen LogP contribution < -0.4 is 5.32 Å². The highest BCUT2D eigenvalue weighted by Gasteiger charge is 2.40. The Morgan fingerprint density at radius 1 is 1.21 bits per heavy atom. The van der Waals surface area contributed by atoms with Crippen LogP contribution in [0.2, 0.25) is 0 Å². The van der Waals surface area contributed by atoms with Crippen LogP contribution in [0.15, 0.2) is 30.7 Å². The molecule has 4 rings (SSSR count). The first-order chi connectivity index (χ1) is 11.7. The number of pyridine rings is 1.